The highest BCUT2D eigenvalue weighted by Crippen LogP contribution is 2.36. The highest BCUT2D eigenvalue weighted by molar-refractivity contribution is 6.13. The summed E-state index contributed by atoms with van der Waals surface area (Å²) >= 11 is 0. The highest BCUT2D eigenvalue weighted by Gasteiger charge is 2.26. The first kappa shape index (κ1) is 14.5. The van der Waals surface area contributed by atoms with Gasteiger partial charge in [-0.15, -0.1) is 0 Å². The first-order valence-corrected chi connectivity index (χ1v) is 7.74. The standard InChI is InChI=1S/C20H15FN2O/c21-15-10-11-18-19(12-15)23(13-14-6-2-1-3-7-14)20(24)16-8-4-5-9-17(16)22-18/h1-12,22H,13H2. The number of carbonyl (C=O) groups excluding carboxylic acids is 1. The molecule has 3 aromatic rings. The molecule has 1 aliphatic heterocycles. The molecule has 24 heavy (non-hydrogen) atoms. The van der Waals surface area contributed by atoms with Crippen LogP contribution in [-0.2, 0) is 6.54 Å². The van der Waals surface area contributed by atoms with Crippen molar-refractivity contribution < 1.29 is 9.18 Å². The lowest BCUT2D eigenvalue weighted by Gasteiger charge is -2.23. The van der Waals surface area contributed by atoms with Gasteiger partial charge < -0.3 is 10.2 Å². The Kier molecular flexibility index (Phi) is 3.50. The molecular formula is C20H15FN2O. The van der Waals surface area contributed by atoms with Gasteiger partial charge in [-0.2, -0.15) is 0 Å². The van der Waals surface area contributed by atoms with Gasteiger partial charge in [-0.3, -0.25) is 4.79 Å². The third-order valence-corrected chi connectivity index (χ3v) is 4.11. The average molecular weight is 318 g/mol. The summed E-state index contributed by atoms with van der Waals surface area (Å²) in [6.45, 7) is 0.381. The van der Waals surface area contributed by atoms with Crippen LogP contribution in [0.1, 0.15) is 15.9 Å². The van der Waals surface area contributed by atoms with E-state index in [2.05, 4.69) is 5.32 Å². The molecule has 0 saturated heterocycles. The van der Waals surface area contributed by atoms with E-state index in [1.807, 2.05) is 48.5 Å². The van der Waals surface area contributed by atoms with E-state index in [0.29, 0.717) is 23.5 Å². The molecule has 3 nitrogen and oxygen atoms in total. The van der Waals surface area contributed by atoms with Gasteiger partial charge in [-0.05, 0) is 35.9 Å². The van der Waals surface area contributed by atoms with Crippen molar-refractivity contribution in [1.29, 1.82) is 0 Å². The molecule has 0 saturated carbocycles. The zero-order valence-corrected chi connectivity index (χ0v) is 12.9. The molecule has 1 aliphatic rings. The number of para-hydroxylation sites is 1. The predicted octanol–water partition coefficient (Wildman–Crippen LogP) is 4.73. The van der Waals surface area contributed by atoms with Gasteiger partial charge in [0.25, 0.3) is 5.91 Å². The lowest BCUT2D eigenvalue weighted by molar-refractivity contribution is 0.0986. The Morgan fingerprint density at radius 1 is 0.875 bits per heavy atom. The number of hydrogen-bond acceptors (Lipinski definition) is 2. The summed E-state index contributed by atoms with van der Waals surface area (Å²) < 4.78 is 13.8. The summed E-state index contributed by atoms with van der Waals surface area (Å²) in [7, 11) is 0. The number of fused-ring (bicyclic) bond motifs is 2. The van der Waals surface area contributed by atoms with Crippen molar-refractivity contribution in [3.05, 3.63) is 89.7 Å². The van der Waals surface area contributed by atoms with Crippen molar-refractivity contribution in [1.82, 2.24) is 0 Å². The number of hydrogen-bond donors (Lipinski definition) is 1. The molecule has 1 heterocycles. The van der Waals surface area contributed by atoms with E-state index < -0.39 is 0 Å². The van der Waals surface area contributed by atoms with Crippen LogP contribution in [-0.4, -0.2) is 5.91 Å². The molecular weight excluding hydrogens is 303 g/mol. The molecule has 0 fully saturated rings. The number of nitrogens with one attached hydrogen (secondary N) is 1. The maximum Gasteiger partial charge on any atom is 0.260 e. The fraction of sp³-hybridized carbons (Fsp3) is 0.0500. The van der Waals surface area contributed by atoms with Gasteiger partial charge in [0.05, 0.1) is 29.2 Å². The number of nitrogens with zero attached hydrogens (tertiary/aromatic N) is 1. The monoisotopic (exact) mass is 318 g/mol. The van der Waals surface area contributed by atoms with Crippen LogP contribution in [0.15, 0.2) is 72.8 Å². The predicted molar refractivity (Wildman–Crippen MR) is 93.1 cm³/mol. The third-order valence-electron chi connectivity index (χ3n) is 4.11. The van der Waals surface area contributed by atoms with Gasteiger partial charge in [-0.1, -0.05) is 42.5 Å². The Morgan fingerprint density at radius 3 is 2.46 bits per heavy atom. The van der Waals surface area contributed by atoms with E-state index in [1.165, 1.54) is 12.1 Å². The Bertz CT molecular complexity index is 909. The van der Waals surface area contributed by atoms with E-state index in [9.17, 15) is 9.18 Å². The summed E-state index contributed by atoms with van der Waals surface area (Å²) in [6, 6.07) is 21.5. The average Bonchev–Trinajstić information content (AvgIpc) is 2.72. The van der Waals surface area contributed by atoms with Crippen LogP contribution in [0.5, 0.6) is 0 Å². The molecule has 118 valence electrons. The molecule has 1 N–H and O–H groups in total. The first-order chi connectivity index (χ1) is 11.7. The molecule has 0 unspecified atom stereocenters. The van der Waals surface area contributed by atoms with Crippen molar-refractivity contribution in [2.24, 2.45) is 0 Å². The van der Waals surface area contributed by atoms with Crippen LogP contribution in [0, 0.1) is 5.82 Å². The van der Waals surface area contributed by atoms with Crippen molar-refractivity contribution in [2.75, 3.05) is 10.2 Å². The largest absolute Gasteiger partial charge is 0.353 e. The zero-order valence-electron chi connectivity index (χ0n) is 12.9. The van der Waals surface area contributed by atoms with Crippen LogP contribution in [0.2, 0.25) is 0 Å². The highest BCUT2D eigenvalue weighted by atomic mass is 19.1. The van der Waals surface area contributed by atoms with Crippen LogP contribution in [0.25, 0.3) is 0 Å². The Balaban J connectivity index is 1.86. The number of halogens is 1. The van der Waals surface area contributed by atoms with Crippen LogP contribution >= 0.6 is 0 Å². The fourth-order valence-corrected chi connectivity index (χ4v) is 2.94. The molecule has 4 heteroatoms. The number of anilines is 3. The second-order valence-electron chi connectivity index (χ2n) is 5.71. The summed E-state index contributed by atoms with van der Waals surface area (Å²) in [6.07, 6.45) is 0. The van der Waals surface area contributed by atoms with E-state index in [0.717, 1.165) is 11.3 Å². The lowest BCUT2D eigenvalue weighted by Crippen LogP contribution is -2.29. The van der Waals surface area contributed by atoms with Crippen molar-refractivity contribution in [3.8, 4) is 0 Å². The van der Waals surface area contributed by atoms with Crippen LogP contribution < -0.4 is 10.2 Å². The normalized spacial score (nSPS) is 12.9. The molecule has 0 aromatic heterocycles. The van der Waals surface area contributed by atoms with Crippen LogP contribution in [0.3, 0.4) is 0 Å². The summed E-state index contributed by atoms with van der Waals surface area (Å²) in [5.41, 5.74) is 3.54. The molecule has 0 bridgehead atoms. The lowest BCUT2D eigenvalue weighted by atomic mass is 10.1. The van der Waals surface area contributed by atoms with Crippen molar-refractivity contribution in [3.63, 3.8) is 0 Å². The summed E-state index contributed by atoms with van der Waals surface area (Å²) in [5.74, 6) is -0.515. The van der Waals surface area contributed by atoms with Crippen molar-refractivity contribution >= 4 is 23.0 Å². The second-order valence-corrected chi connectivity index (χ2v) is 5.71. The fourth-order valence-electron chi connectivity index (χ4n) is 2.94. The van der Waals surface area contributed by atoms with Gasteiger partial charge in [0.1, 0.15) is 5.82 Å². The van der Waals surface area contributed by atoms with Gasteiger partial charge >= 0.3 is 0 Å². The minimum absolute atomic E-state index is 0.147. The molecule has 1 amide bonds. The van der Waals surface area contributed by atoms with E-state index in [1.54, 1.807) is 17.0 Å². The summed E-state index contributed by atoms with van der Waals surface area (Å²) in [4.78, 5) is 14.7. The minimum atomic E-state index is -0.368. The molecule has 3 aromatic carbocycles. The maximum absolute atomic E-state index is 13.8. The van der Waals surface area contributed by atoms with E-state index in [4.69, 9.17) is 0 Å². The Hall–Kier alpha value is -3.14. The second kappa shape index (κ2) is 5.81. The van der Waals surface area contributed by atoms with Gasteiger partial charge in [0.15, 0.2) is 0 Å². The Labute approximate surface area is 139 Å². The molecule has 0 aliphatic carbocycles. The number of benzene rings is 3. The minimum Gasteiger partial charge on any atom is -0.353 e. The third kappa shape index (κ3) is 2.52. The number of carbonyl (C=O) groups is 1. The topological polar surface area (TPSA) is 32.3 Å². The molecule has 4 rings (SSSR count). The SMILES string of the molecule is O=C1c2ccccc2Nc2ccc(F)cc2N1Cc1ccccc1. The maximum atomic E-state index is 13.8. The van der Waals surface area contributed by atoms with Gasteiger partial charge in [-0.25, -0.2) is 4.39 Å². The van der Waals surface area contributed by atoms with E-state index >= 15 is 0 Å². The zero-order chi connectivity index (χ0) is 16.5. The quantitative estimate of drug-likeness (QED) is 0.741. The summed E-state index contributed by atoms with van der Waals surface area (Å²) in [5, 5.41) is 3.25. The smallest absolute Gasteiger partial charge is 0.260 e. The van der Waals surface area contributed by atoms with Crippen LogP contribution in [0.4, 0.5) is 21.5 Å². The molecule has 0 atom stereocenters. The van der Waals surface area contributed by atoms with Gasteiger partial charge in [0, 0.05) is 0 Å². The number of amides is 1. The molecule has 0 spiro atoms. The first-order valence-electron chi connectivity index (χ1n) is 7.74. The van der Waals surface area contributed by atoms with E-state index in [-0.39, 0.29) is 11.7 Å². The van der Waals surface area contributed by atoms with Crippen molar-refractivity contribution in [2.45, 2.75) is 6.54 Å². The molecule has 0 radical (unpaired) electrons. The number of rotatable bonds is 2. The van der Waals surface area contributed by atoms with Gasteiger partial charge in [0.2, 0.25) is 0 Å². The Morgan fingerprint density at radius 2 is 1.62 bits per heavy atom.